The van der Waals surface area contributed by atoms with E-state index < -0.39 is 0 Å². The molecule has 1 heterocycles. The fourth-order valence-electron chi connectivity index (χ4n) is 3.36. The van der Waals surface area contributed by atoms with E-state index >= 15 is 0 Å². The van der Waals surface area contributed by atoms with Gasteiger partial charge in [-0.05, 0) is 49.1 Å². The molecule has 0 saturated heterocycles. The SMILES string of the molecule is CCC(C(=O)NC1CC1)n1c(Cc2ccc(F)cc2)nc2ccccc21. The van der Waals surface area contributed by atoms with Gasteiger partial charge in [0.2, 0.25) is 5.91 Å². The van der Waals surface area contributed by atoms with E-state index in [0.717, 1.165) is 35.3 Å². The summed E-state index contributed by atoms with van der Waals surface area (Å²) < 4.78 is 15.3. The van der Waals surface area contributed by atoms with Gasteiger partial charge in [0.25, 0.3) is 0 Å². The zero-order chi connectivity index (χ0) is 18.1. The third-order valence-electron chi connectivity index (χ3n) is 4.87. The van der Waals surface area contributed by atoms with Gasteiger partial charge in [0, 0.05) is 12.5 Å². The van der Waals surface area contributed by atoms with Gasteiger partial charge in [-0.1, -0.05) is 31.2 Å². The summed E-state index contributed by atoms with van der Waals surface area (Å²) in [4.78, 5) is 17.6. The van der Waals surface area contributed by atoms with E-state index in [1.807, 2.05) is 31.2 Å². The molecule has 26 heavy (non-hydrogen) atoms. The van der Waals surface area contributed by atoms with Crippen LogP contribution in [-0.2, 0) is 11.2 Å². The number of carbonyl (C=O) groups excluding carboxylic acids is 1. The van der Waals surface area contributed by atoms with Crippen molar-refractivity contribution in [1.82, 2.24) is 14.9 Å². The van der Waals surface area contributed by atoms with Gasteiger partial charge in [0.15, 0.2) is 0 Å². The molecule has 1 saturated carbocycles. The molecule has 4 rings (SSSR count). The average Bonchev–Trinajstić information content (AvgIpc) is 3.38. The number of imidazole rings is 1. The Kier molecular flexibility index (Phi) is 4.45. The van der Waals surface area contributed by atoms with Gasteiger partial charge < -0.3 is 9.88 Å². The predicted octanol–water partition coefficient (Wildman–Crippen LogP) is 4.00. The van der Waals surface area contributed by atoms with Crippen molar-refractivity contribution >= 4 is 16.9 Å². The highest BCUT2D eigenvalue weighted by molar-refractivity contribution is 5.84. The first kappa shape index (κ1) is 16.8. The third-order valence-corrected chi connectivity index (χ3v) is 4.87. The van der Waals surface area contributed by atoms with Gasteiger partial charge in [-0.25, -0.2) is 9.37 Å². The Bertz CT molecular complexity index is 928. The molecule has 1 N–H and O–H groups in total. The number of hydrogen-bond acceptors (Lipinski definition) is 2. The van der Waals surface area contributed by atoms with E-state index in [0.29, 0.717) is 18.9 Å². The number of benzene rings is 2. The van der Waals surface area contributed by atoms with E-state index in [2.05, 4.69) is 9.88 Å². The Balaban J connectivity index is 1.74. The van der Waals surface area contributed by atoms with Crippen molar-refractivity contribution in [3.63, 3.8) is 0 Å². The lowest BCUT2D eigenvalue weighted by Gasteiger charge is -2.20. The molecule has 2 aromatic carbocycles. The zero-order valence-corrected chi connectivity index (χ0v) is 14.8. The summed E-state index contributed by atoms with van der Waals surface area (Å²) in [6.45, 7) is 2.02. The fraction of sp³-hybridized carbons (Fsp3) is 0.333. The highest BCUT2D eigenvalue weighted by Gasteiger charge is 2.29. The molecule has 1 aromatic heterocycles. The first-order valence-corrected chi connectivity index (χ1v) is 9.16. The molecular formula is C21H22FN3O. The first-order chi connectivity index (χ1) is 12.7. The number of fused-ring (bicyclic) bond motifs is 1. The van der Waals surface area contributed by atoms with Crippen LogP contribution in [0.2, 0.25) is 0 Å². The van der Waals surface area contributed by atoms with Crippen LogP contribution in [0, 0.1) is 5.82 Å². The van der Waals surface area contributed by atoms with E-state index in [1.165, 1.54) is 12.1 Å². The number of nitrogens with zero attached hydrogens (tertiary/aromatic N) is 2. The minimum atomic E-state index is -0.293. The lowest BCUT2D eigenvalue weighted by molar-refractivity contribution is -0.124. The Morgan fingerprint density at radius 3 is 2.65 bits per heavy atom. The van der Waals surface area contributed by atoms with Gasteiger partial charge in [-0.3, -0.25) is 4.79 Å². The Labute approximate surface area is 152 Å². The molecule has 0 spiro atoms. The van der Waals surface area contributed by atoms with Gasteiger partial charge in [0.1, 0.15) is 17.7 Å². The van der Waals surface area contributed by atoms with E-state index in [4.69, 9.17) is 4.98 Å². The molecule has 1 amide bonds. The van der Waals surface area contributed by atoms with Crippen molar-refractivity contribution < 1.29 is 9.18 Å². The molecule has 134 valence electrons. The van der Waals surface area contributed by atoms with Gasteiger partial charge >= 0.3 is 0 Å². The predicted molar refractivity (Wildman–Crippen MR) is 99.4 cm³/mol. The quantitative estimate of drug-likeness (QED) is 0.730. The summed E-state index contributed by atoms with van der Waals surface area (Å²) in [5, 5.41) is 3.12. The van der Waals surface area contributed by atoms with Crippen molar-refractivity contribution in [2.45, 2.75) is 44.7 Å². The number of aromatic nitrogens is 2. The molecule has 5 heteroatoms. The Morgan fingerprint density at radius 2 is 1.96 bits per heavy atom. The molecule has 0 aliphatic heterocycles. The Morgan fingerprint density at radius 1 is 1.23 bits per heavy atom. The number of para-hydroxylation sites is 2. The highest BCUT2D eigenvalue weighted by Crippen LogP contribution is 2.27. The number of halogens is 1. The number of hydrogen-bond donors (Lipinski definition) is 1. The van der Waals surface area contributed by atoms with Crippen molar-refractivity contribution in [3.05, 3.63) is 65.7 Å². The maximum absolute atomic E-state index is 13.2. The molecule has 0 bridgehead atoms. The smallest absolute Gasteiger partial charge is 0.243 e. The summed E-state index contributed by atoms with van der Waals surface area (Å²) in [5.41, 5.74) is 2.81. The number of nitrogens with one attached hydrogen (secondary N) is 1. The molecule has 1 atom stereocenters. The second-order valence-electron chi connectivity index (χ2n) is 6.90. The summed E-state index contributed by atoms with van der Waals surface area (Å²) in [6, 6.07) is 14.4. The van der Waals surface area contributed by atoms with Crippen LogP contribution < -0.4 is 5.32 Å². The second-order valence-corrected chi connectivity index (χ2v) is 6.90. The molecule has 1 unspecified atom stereocenters. The normalized spacial score (nSPS) is 15.2. The molecule has 1 aliphatic carbocycles. The maximum atomic E-state index is 13.2. The van der Waals surface area contributed by atoms with Crippen LogP contribution in [0.25, 0.3) is 11.0 Å². The summed E-state index contributed by atoms with van der Waals surface area (Å²) >= 11 is 0. The van der Waals surface area contributed by atoms with Crippen molar-refractivity contribution in [3.8, 4) is 0 Å². The van der Waals surface area contributed by atoms with Gasteiger partial charge in [0.05, 0.1) is 11.0 Å². The average molecular weight is 351 g/mol. The lowest BCUT2D eigenvalue weighted by Crippen LogP contribution is -2.34. The second kappa shape index (κ2) is 6.90. The topological polar surface area (TPSA) is 46.9 Å². The van der Waals surface area contributed by atoms with Gasteiger partial charge in [-0.15, -0.1) is 0 Å². The largest absolute Gasteiger partial charge is 0.352 e. The van der Waals surface area contributed by atoms with Crippen molar-refractivity contribution in [2.24, 2.45) is 0 Å². The summed E-state index contributed by atoms with van der Waals surface area (Å²) in [6.07, 6.45) is 3.38. The molecule has 0 radical (unpaired) electrons. The Hall–Kier alpha value is -2.69. The van der Waals surface area contributed by atoms with E-state index in [1.54, 1.807) is 12.1 Å². The minimum absolute atomic E-state index is 0.0542. The van der Waals surface area contributed by atoms with Crippen LogP contribution in [0.3, 0.4) is 0 Å². The highest BCUT2D eigenvalue weighted by atomic mass is 19.1. The summed E-state index contributed by atoms with van der Waals surface area (Å²) in [7, 11) is 0. The van der Waals surface area contributed by atoms with Crippen LogP contribution in [0.4, 0.5) is 4.39 Å². The summed E-state index contributed by atoms with van der Waals surface area (Å²) in [5.74, 6) is 0.631. The van der Waals surface area contributed by atoms with Crippen LogP contribution in [-0.4, -0.2) is 21.5 Å². The standard InChI is InChI=1S/C21H22FN3O/c1-2-18(21(26)23-16-11-12-16)25-19-6-4-3-5-17(19)24-20(25)13-14-7-9-15(22)10-8-14/h3-10,16,18H,2,11-13H2,1H3,(H,23,26). The number of rotatable bonds is 6. The molecular weight excluding hydrogens is 329 g/mol. The fourth-order valence-corrected chi connectivity index (χ4v) is 3.36. The number of carbonyl (C=O) groups is 1. The van der Waals surface area contributed by atoms with Crippen molar-refractivity contribution in [2.75, 3.05) is 0 Å². The van der Waals surface area contributed by atoms with Gasteiger partial charge in [-0.2, -0.15) is 0 Å². The van der Waals surface area contributed by atoms with Crippen LogP contribution in [0.15, 0.2) is 48.5 Å². The van der Waals surface area contributed by atoms with Crippen molar-refractivity contribution in [1.29, 1.82) is 0 Å². The van der Waals surface area contributed by atoms with Crippen LogP contribution in [0.5, 0.6) is 0 Å². The minimum Gasteiger partial charge on any atom is -0.352 e. The first-order valence-electron chi connectivity index (χ1n) is 9.16. The molecule has 1 aliphatic rings. The van der Waals surface area contributed by atoms with Crippen LogP contribution >= 0.6 is 0 Å². The molecule has 4 nitrogen and oxygen atoms in total. The monoisotopic (exact) mass is 351 g/mol. The van der Waals surface area contributed by atoms with Crippen LogP contribution in [0.1, 0.15) is 43.6 Å². The number of amides is 1. The maximum Gasteiger partial charge on any atom is 0.243 e. The third kappa shape index (κ3) is 3.34. The van der Waals surface area contributed by atoms with E-state index in [9.17, 15) is 9.18 Å². The molecule has 1 fully saturated rings. The lowest BCUT2D eigenvalue weighted by atomic mass is 10.1. The van der Waals surface area contributed by atoms with E-state index in [-0.39, 0.29) is 17.8 Å². The molecule has 3 aromatic rings. The zero-order valence-electron chi connectivity index (χ0n) is 14.8.